The Morgan fingerprint density at radius 2 is 2.00 bits per heavy atom. The fourth-order valence-electron chi connectivity index (χ4n) is 2.09. The molecule has 7 nitrogen and oxygen atoms in total. The number of amides is 2. The highest BCUT2D eigenvalue weighted by Gasteiger charge is 2.40. The lowest BCUT2D eigenvalue weighted by Crippen LogP contribution is -2.49. The second-order valence-electron chi connectivity index (χ2n) is 5.42. The van der Waals surface area contributed by atoms with Gasteiger partial charge in [0.05, 0.1) is 11.5 Å². The smallest absolute Gasteiger partial charge is 0.317 e. The van der Waals surface area contributed by atoms with Crippen molar-refractivity contribution in [2.24, 2.45) is 5.41 Å². The van der Waals surface area contributed by atoms with Crippen LogP contribution in [0, 0.1) is 5.41 Å². The van der Waals surface area contributed by atoms with Gasteiger partial charge >= 0.3 is 12.0 Å². The number of carboxylic acid groups (broad SMARTS) is 1. The van der Waals surface area contributed by atoms with Crippen molar-refractivity contribution < 1.29 is 24.5 Å². The van der Waals surface area contributed by atoms with Gasteiger partial charge in [-0.2, -0.15) is 0 Å². The minimum atomic E-state index is -0.932. The first-order valence-electron chi connectivity index (χ1n) is 6.85. The Hall–Kier alpha value is -1.34. The molecule has 0 spiro atoms. The van der Waals surface area contributed by atoms with Gasteiger partial charge in [-0.15, -0.1) is 0 Å². The normalized spacial score (nSPS) is 19.1. The van der Waals surface area contributed by atoms with Gasteiger partial charge in [0.15, 0.2) is 0 Å². The van der Waals surface area contributed by atoms with Gasteiger partial charge in [-0.05, 0) is 26.2 Å². The zero-order chi connectivity index (χ0) is 15.2. The van der Waals surface area contributed by atoms with Crippen LogP contribution in [-0.2, 0) is 9.53 Å². The molecule has 116 valence electrons. The summed E-state index contributed by atoms with van der Waals surface area (Å²) in [4.78, 5) is 24.7. The van der Waals surface area contributed by atoms with Crippen molar-refractivity contribution in [3.05, 3.63) is 0 Å². The molecule has 0 radical (unpaired) electrons. The van der Waals surface area contributed by atoms with Gasteiger partial charge in [-0.3, -0.25) is 4.79 Å². The number of aliphatic hydroxyl groups excluding tert-OH is 1. The van der Waals surface area contributed by atoms with Crippen molar-refractivity contribution in [2.75, 3.05) is 33.4 Å². The second-order valence-corrected chi connectivity index (χ2v) is 5.42. The summed E-state index contributed by atoms with van der Waals surface area (Å²) >= 11 is 0. The van der Waals surface area contributed by atoms with Gasteiger partial charge in [0, 0.05) is 33.4 Å². The minimum Gasteiger partial charge on any atom is -0.481 e. The first-order valence-corrected chi connectivity index (χ1v) is 6.85. The lowest BCUT2D eigenvalue weighted by molar-refractivity contribution is -0.154. The summed E-state index contributed by atoms with van der Waals surface area (Å²) in [5.41, 5.74) is -0.932. The zero-order valence-corrected chi connectivity index (χ0v) is 12.1. The molecule has 1 aliphatic heterocycles. The number of aliphatic hydroxyl groups is 1. The minimum absolute atomic E-state index is 0.101. The van der Waals surface area contributed by atoms with Crippen molar-refractivity contribution >= 4 is 12.0 Å². The summed E-state index contributed by atoms with van der Waals surface area (Å²) in [5.74, 6) is -0.896. The summed E-state index contributed by atoms with van der Waals surface area (Å²) in [6.45, 7) is 2.99. The first kappa shape index (κ1) is 16.7. The lowest BCUT2D eigenvalue weighted by Gasteiger charge is -2.33. The van der Waals surface area contributed by atoms with Crippen LogP contribution < -0.4 is 5.32 Å². The molecule has 3 N–H and O–H groups in total. The van der Waals surface area contributed by atoms with Gasteiger partial charge in [0.2, 0.25) is 0 Å². The molecule has 0 aromatic carbocycles. The standard InChI is InChI=1S/C13H24N2O5/c1-10(16)3-6-15(2)12(19)14-9-13(11(17)18)4-7-20-8-5-13/h10,16H,3-9H2,1-2H3,(H,14,19)(H,17,18). The van der Waals surface area contributed by atoms with Gasteiger partial charge in [-0.25, -0.2) is 4.79 Å². The number of carbonyl (C=O) groups excluding carboxylic acids is 1. The van der Waals surface area contributed by atoms with Crippen LogP contribution >= 0.6 is 0 Å². The van der Waals surface area contributed by atoms with E-state index in [1.54, 1.807) is 14.0 Å². The molecule has 7 heteroatoms. The topological polar surface area (TPSA) is 99.1 Å². The highest BCUT2D eigenvalue weighted by molar-refractivity contribution is 5.78. The molecule has 1 unspecified atom stereocenters. The maximum atomic E-state index is 11.9. The number of ether oxygens (including phenoxy) is 1. The summed E-state index contributed by atoms with van der Waals surface area (Å²) in [6.07, 6.45) is 0.827. The second kappa shape index (κ2) is 7.44. The molecule has 0 aliphatic carbocycles. The van der Waals surface area contributed by atoms with E-state index in [1.807, 2.05) is 0 Å². The van der Waals surface area contributed by atoms with Gasteiger partial charge in [-0.1, -0.05) is 0 Å². The van der Waals surface area contributed by atoms with Crippen molar-refractivity contribution in [2.45, 2.75) is 32.3 Å². The Bertz CT molecular complexity index is 340. The van der Waals surface area contributed by atoms with E-state index in [0.717, 1.165) is 0 Å². The summed E-state index contributed by atoms with van der Waals surface area (Å²) in [5, 5.41) is 21.2. The van der Waals surface area contributed by atoms with Crippen LogP contribution in [0.1, 0.15) is 26.2 Å². The number of nitrogens with zero attached hydrogens (tertiary/aromatic N) is 1. The van der Waals surface area contributed by atoms with Crippen LogP contribution in [0.25, 0.3) is 0 Å². The summed E-state index contributed by atoms with van der Waals surface area (Å²) in [6, 6.07) is -0.322. The molecular weight excluding hydrogens is 264 g/mol. The third-order valence-electron chi connectivity index (χ3n) is 3.71. The molecule has 1 fully saturated rings. The molecule has 1 saturated heterocycles. The predicted molar refractivity (Wildman–Crippen MR) is 72.4 cm³/mol. The van der Waals surface area contributed by atoms with Crippen LogP contribution in [0.2, 0.25) is 0 Å². The van der Waals surface area contributed by atoms with E-state index in [-0.39, 0.29) is 12.6 Å². The number of rotatable bonds is 6. The maximum absolute atomic E-state index is 11.9. The molecule has 0 saturated carbocycles. The van der Waals surface area contributed by atoms with Crippen molar-refractivity contribution in [3.8, 4) is 0 Å². The summed E-state index contributed by atoms with van der Waals surface area (Å²) < 4.78 is 5.18. The quantitative estimate of drug-likeness (QED) is 0.652. The van der Waals surface area contributed by atoms with Gasteiger partial charge in [0.1, 0.15) is 0 Å². The van der Waals surface area contributed by atoms with Crippen LogP contribution in [0.15, 0.2) is 0 Å². The Kier molecular flexibility index (Phi) is 6.22. The Labute approximate surface area is 118 Å². The number of hydrogen-bond acceptors (Lipinski definition) is 4. The highest BCUT2D eigenvalue weighted by atomic mass is 16.5. The van der Waals surface area contributed by atoms with Gasteiger partial charge in [0.25, 0.3) is 0 Å². The van der Waals surface area contributed by atoms with E-state index in [1.165, 1.54) is 4.90 Å². The maximum Gasteiger partial charge on any atom is 0.317 e. The third-order valence-corrected chi connectivity index (χ3v) is 3.71. The number of aliphatic carboxylic acids is 1. The van der Waals surface area contributed by atoms with E-state index in [4.69, 9.17) is 4.74 Å². The molecule has 20 heavy (non-hydrogen) atoms. The number of carbonyl (C=O) groups is 2. The number of nitrogens with one attached hydrogen (secondary N) is 1. The van der Waals surface area contributed by atoms with E-state index in [9.17, 15) is 19.8 Å². The van der Waals surface area contributed by atoms with Crippen LogP contribution in [0.4, 0.5) is 4.79 Å². The molecule has 2 amide bonds. The van der Waals surface area contributed by atoms with Crippen molar-refractivity contribution in [1.82, 2.24) is 10.2 Å². The van der Waals surface area contributed by atoms with Crippen LogP contribution in [-0.4, -0.2) is 66.6 Å². The SMILES string of the molecule is CC(O)CCN(C)C(=O)NCC1(C(=O)O)CCOCC1. The number of carboxylic acids is 1. The van der Waals surface area contributed by atoms with Crippen molar-refractivity contribution in [1.29, 1.82) is 0 Å². The largest absolute Gasteiger partial charge is 0.481 e. The van der Waals surface area contributed by atoms with E-state index >= 15 is 0 Å². The molecule has 1 heterocycles. The Morgan fingerprint density at radius 1 is 1.40 bits per heavy atom. The van der Waals surface area contributed by atoms with Crippen LogP contribution in [0.5, 0.6) is 0 Å². The number of urea groups is 1. The van der Waals surface area contributed by atoms with Gasteiger partial charge < -0.3 is 25.2 Å². The van der Waals surface area contributed by atoms with E-state index < -0.39 is 17.5 Å². The third kappa shape index (κ3) is 4.64. The molecular formula is C13H24N2O5. The molecule has 0 aromatic rings. The number of hydrogen-bond donors (Lipinski definition) is 3. The monoisotopic (exact) mass is 288 g/mol. The Balaban J connectivity index is 2.46. The lowest BCUT2D eigenvalue weighted by atomic mass is 9.80. The molecule has 0 bridgehead atoms. The fraction of sp³-hybridized carbons (Fsp3) is 0.846. The molecule has 0 aromatic heterocycles. The highest BCUT2D eigenvalue weighted by Crippen LogP contribution is 2.30. The van der Waals surface area contributed by atoms with E-state index in [2.05, 4.69) is 5.32 Å². The molecule has 1 aliphatic rings. The summed E-state index contributed by atoms with van der Waals surface area (Å²) in [7, 11) is 1.62. The Morgan fingerprint density at radius 3 is 2.50 bits per heavy atom. The predicted octanol–water partition coefficient (Wildman–Crippen LogP) is 0.280. The van der Waals surface area contributed by atoms with Crippen molar-refractivity contribution in [3.63, 3.8) is 0 Å². The first-order chi connectivity index (χ1) is 9.37. The molecule has 1 rings (SSSR count). The average Bonchev–Trinajstić information content (AvgIpc) is 2.42. The average molecular weight is 288 g/mol. The van der Waals surface area contributed by atoms with E-state index in [0.29, 0.717) is 39.0 Å². The van der Waals surface area contributed by atoms with Crippen LogP contribution in [0.3, 0.4) is 0 Å². The molecule has 1 atom stereocenters. The zero-order valence-electron chi connectivity index (χ0n) is 12.1. The fourth-order valence-corrected chi connectivity index (χ4v) is 2.09.